The van der Waals surface area contributed by atoms with Crippen LogP contribution >= 0.6 is 0 Å². The van der Waals surface area contributed by atoms with Crippen LogP contribution in [0.2, 0.25) is 0 Å². The Morgan fingerprint density at radius 3 is 2.41 bits per heavy atom. The molecule has 0 aliphatic carbocycles. The van der Waals surface area contributed by atoms with E-state index in [9.17, 15) is 19.6 Å². The number of hydrogen-bond acceptors (Lipinski definition) is 7. The van der Waals surface area contributed by atoms with Crippen molar-refractivity contribution in [2.75, 3.05) is 24.4 Å². The number of fused-ring (bicyclic) bond motifs is 1. The summed E-state index contributed by atoms with van der Waals surface area (Å²) >= 11 is 0. The Morgan fingerprint density at radius 2 is 1.65 bits per heavy atom. The van der Waals surface area contributed by atoms with E-state index in [1.54, 1.807) is 49.6 Å². The lowest BCUT2D eigenvalue weighted by Crippen LogP contribution is -2.22. The SMILES string of the molecule is COc1ccc(CCC(=O)Nc2ccccc2C(=O)OCC(=O)Nc2c(C#N)oc3ccccc23)cc1. The highest BCUT2D eigenvalue weighted by Gasteiger charge is 2.19. The minimum Gasteiger partial charge on any atom is -0.497 e. The lowest BCUT2D eigenvalue weighted by Gasteiger charge is -2.11. The number of nitriles is 1. The number of nitrogens with zero attached hydrogens (tertiary/aromatic N) is 1. The summed E-state index contributed by atoms with van der Waals surface area (Å²) in [5, 5.41) is 15.2. The maximum absolute atomic E-state index is 12.7. The van der Waals surface area contributed by atoms with Gasteiger partial charge in [0, 0.05) is 11.8 Å². The summed E-state index contributed by atoms with van der Waals surface area (Å²) in [6, 6.07) is 22.6. The van der Waals surface area contributed by atoms with Crippen LogP contribution in [-0.2, 0) is 20.7 Å². The fourth-order valence-corrected chi connectivity index (χ4v) is 3.67. The second-order valence-electron chi connectivity index (χ2n) is 7.98. The van der Waals surface area contributed by atoms with Gasteiger partial charge in [-0.1, -0.05) is 36.4 Å². The number of esters is 1. The van der Waals surface area contributed by atoms with Crippen LogP contribution in [-0.4, -0.2) is 31.5 Å². The van der Waals surface area contributed by atoms with Crippen LogP contribution in [0.4, 0.5) is 11.4 Å². The molecule has 0 bridgehead atoms. The molecule has 37 heavy (non-hydrogen) atoms. The average molecular weight is 498 g/mol. The molecule has 186 valence electrons. The molecule has 0 radical (unpaired) electrons. The maximum Gasteiger partial charge on any atom is 0.340 e. The molecule has 3 aromatic carbocycles. The van der Waals surface area contributed by atoms with Crippen molar-refractivity contribution in [2.45, 2.75) is 12.8 Å². The van der Waals surface area contributed by atoms with Crippen LogP contribution in [0.25, 0.3) is 11.0 Å². The molecule has 1 heterocycles. The van der Waals surface area contributed by atoms with E-state index in [0.717, 1.165) is 11.3 Å². The summed E-state index contributed by atoms with van der Waals surface area (Å²) in [7, 11) is 1.59. The molecule has 0 aliphatic heterocycles. The third-order valence-electron chi connectivity index (χ3n) is 5.52. The number of benzene rings is 3. The molecule has 0 atom stereocenters. The molecule has 0 unspecified atom stereocenters. The summed E-state index contributed by atoms with van der Waals surface area (Å²) in [6.07, 6.45) is 0.716. The number of ether oxygens (including phenoxy) is 2. The molecule has 0 fully saturated rings. The molecule has 9 heteroatoms. The fraction of sp³-hybridized carbons (Fsp3) is 0.143. The van der Waals surface area contributed by atoms with E-state index < -0.39 is 18.5 Å². The lowest BCUT2D eigenvalue weighted by molar-refractivity contribution is -0.119. The summed E-state index contributed by atoms with van der Waals surface area (Å²) in [4.78, 5) is 37.7. The van der Waals surface area contributed by atoms with Crippen molar-refractivity contribution in [3.63, 3.8) is 0 Å². The van der Waals surface area contributed by atoms with Gasteiger partial charge in [0.2, 0.25) is 11.7 Å². The van der Waals surface area contributed by atoms with Gasteiger partial charge in [-0.25, -0.2) is 4.79 Å². The third-order valence-corrected chi connectivity index (χ3v) is 5.52. The number of hydrogen-bond donors (Lipinski definition) is 2. The third kappa shape index (κ3) is 6.13. The summed E-state index contributed by atoms with van der Waals surface area (Å²) in [5.74, 6) is -1.01. The quantitative estimate of drug-likeness (QED) is 0.321. The van der Waals surface area contributed by atoms with Gasteiger partial charge in [0.05, 0.1) is 18.4 Å². The van der Waals surface area contributed by atoms with Crippen LogP contribution in [0, 0.1) is 11.3 Å². The first-order valence-corrected chi connectivity index (χ1v) is 11.4. The lowest BCUT2D eigenvalue weighted by atomic mass is 10.1. The molecule has 0 aliphatic rings. The van der Waals surface area contributed by atoms with Gasteiger partial charge < -0.3 is 24.5 Å². The van der Waals surface area contributed by atoms with Crippen LogP contribution in [0.1, 0.15) is 28.1 Å². The number of carbonyl (C=O) groups is 3. The predicted molar refractivity (Wildman–Crippen MR) is 136 cm³/mol. The number of para-hydroxylation sites is 2. The topological polar surface area (TPSA) is 131 Å². The predicted octanol–water partition coefficient (Wildman–Crippen LogP) is 4.68. The molecule has 4 rings (SSSR count). The van der Waals surface area contributed by atoms with E-state index in [2.05, 4.69) is 10.6 Å². The molecule has 4 aromatic rings. The monoisotopic (exact) mass is 497 g/mol. The summed E-state index contributed by atoms with van der Waals surface area (Å²) in [6.45, 7) is -0.594. The van der Waals surface area contributed by atoms with Crippen LogP contribution in [0.3, 0.4) is 0 Å². The van der Waals surface area contributed by atoms with Gasteiger partial charge in [0.15, 0.2) is 6.61 Å². The first-order chi connectivity index (χ1) is 18.0. The Bertz CT molecular complexity index is 1480. The van der Waals surface area contributed by atoms with E-state index in [4.69, 9.17) is 13.9 Å². The number of methoxy groups -OCH3 is 1. The van der Waals surface area contributed by atoms with Gasteiger partial charge in [-0.15, -0.1) is 0 Å². The van der Waals surface area contributed by atoms with Crippen LogP contribution in [0.5, 0.6) is 5.75 Å². The number of nitrogens with one attached hydrogen (secondary N) is 2. The van der Waals surface area contributed by atoms with Gasteiger partial charge in [-0.2, -0.15) is 5.26 Å². The van der Waals surface area contributed by atoms with E-state index in [1.807, 2.05) is 30.3 Å². The average Bonchev–Trinajstić information content (AvgIpc) is 3.28. The zero-order valence-electron chi connectivity index (χ0n) is 19.9. The van der Waals surface area contributed by atoms with E-state index in [1.165, 1.54) is 6.07 Å². The molecule has 2 N–H and O–H groups in total. The molecular formula is C28H23N3O6. The first-order valence-electron chi connectivity index (χ1n) is 11.4. The standard InChI is InChI=1S/C28H23N3O6/c1-35-19-13-10-18(11-14-19)12-15-25(32)30-22-8-4-2-6-20(22)28(34)36-17-26(33)31-27-21-7-3-5-9-23(21)37-24(27)16-29/h2-11,13-14H,12,15,17H2,1H3,(H,30,32)(H,31,33). The Kier molecular flexibility index (Phi) is 7.81. The molecule has 0 spiro atoms. The molecular weight excluding hydrogens is 474 g/mol. The number of amides is 2. The maximum atomic E-state index is 12.7. The van der Waals surface area contributed by atoms with E-state index >= 15 is 0 Å². The smallest absolute Gasteiger partial charge is 0.340 e. The number of aryl methyl sites for hydroxylation is 1. The minimum atomic E-state index is -0.779. The Morgan fingerprint density at radius 1 is 0.919 bits per heavy atom. The summed E-state index contributed by atoms with van der Waals surface area (Å²) in [5.41, 5.74) is 2.02. The first kappa shape index (κ1) is 25.0. The molecule has 2 amide bonds. The van der Waals surface area contributed by atoms with E-state index in [0.29, 0.717) is 17.4 Å². The van der Waals surface area contributed by atoms with Gasteiger partial charge in [0.1, 0.15) is 23.1 Å². The van der Waals surface area contributed by atoms with Crippen LogP contribution < -0.4 is 15.4 Å². The Hall–Kier alpha value is -5.10. The van der Waals surface area contributed by atoms with Gasteiger partial charge in [0.25, 0.3) is 5.91 Å². The molecule has 9 nitrogen and oxygen atoms in total. The van der Waals surface area contributed by atoms with Crippen LogP contribution in [0.15, 0.2) is 77.2 Å². The van der Waals surface area contributed by atoms with Gasteiger partial charge >= 0.3 is 5.97 Å². The Balaban J connectivity index is 1.34. The van der Waals surface area contributed by atoms with Crippen molar-refractivity contribution in [3.05, 3.63) is 89.7 Å². The van der Waals surface area contributed by atoms with Crippen molar-refractivity contribution in [3.8, 4) is 11.8 Å². The fourth-order valence-electron chi connectivity index (χ4n) is 3.67. The zero-order chi connectivity index (χ0) is 26.2. The molecule has 1 aromatic heterocycles. The highest BCUT2D eigenvalue weighted by Crippen LogP contribution is 2.30. The van der Waals surface area contributed by atoms with Crippen molar-refractivity contribution < 1.29 is 28.3 Å². The largest absolute Gasteiger partial charge is 0.497 e. The van der Waals surface area contributed by atoms with Gasteiger partial charge in [-0.3, -0.25) is 9.59 Å². The van der Waals surface area contributed by atoms with E-state index in [-0.39, 0.29) is 35.0 Å². The normalized spacial score (nSPS) is 10.4. The second kappa shape index (κ2) is 11.6. The molecule has 0 saturated heterocycles. The highest BCUT2D eigenvalue weighted by atomic mass is 16.5. The second-order valence-corrected chi connectivity index (χ2v) is 7.98. The van der Waals surface area contributed by atoms with Crippen molar-refractivity contribution in [1.29, 1.82) is 5.26 Å². The Labute approximate surface area is 212 Å². The van der Waals surface area contributed by atoms with Crippen molar-refractivity contribution in [1.82, 2.24) is 0 Å². The highest BCUT2D eigenvalue weighted by molar-refractivity contribution is 6.05. The molecule has 0 saturated carbocycles. The number of furan rings is 1. The number of carbonyl (C=O) groups excluding carboxylic acids is 3. The minimum absolute atomic E-state index is 0.0522. The number of rotatable bonds is 9. The van der Waals surface area contributed by atoms with Crippen molar-refractivity contribution in [2.24, 2.45) is 0 Å². The number of anilines is 2. The zero-order valence-corrected chi connectivity index (χ0v) is 19.9. The summed E-state index contributed by atoms with van der Waals surface area (Å²) < 4.78 is 15.7. The van der Waals surface area contributed by atoms with Gasteiger partial charge in [-0.05, 0) is 48.4 Å². The van der Waals surface area contributed by atoms with Crippen molar-refractivity contribution >= 4 is 40.1 Å².